The Morgan fingerprint density at radius 1 is 0.967 bits per heavy atom. The van der Waals surface area contributed by atoms with Crippen molar-refractivity contribution in [3.63, 3.8) is 0 Å². The van der Waals surface area contributed by atoms with Crippen molar-refractivity contribution in [3.05, 3.63) is 89.5 Å². The zero-order valence-corrected chi connectivity index (χ0v) is 17.4. The lowest BCUT2D eigenvalue weighted by Gasteiger charge is -2.26. The molecular weight excluding hydrogens is 398 g/mol. The second-order valence-corrected chi connectivity index (χ2v) is 7.41. The van der Waals surface area contributed by atoms with Crippen molar-refractivity contribution in [2.45, 2.75) is 12.0 Å². The van der Waals surface area contributed by atoms with Crippen LogP contribution < -0.4 is 10.5 Å². The minimum absolute atomic E-state index is 0. The summed E-state index contributed by atoms with van der Waals surface area (Å²) in [4.78, 5) is 19.4. The Hall–Kier alpha value is -3.31. The predicted octanol–water partition coefficient (Wildman–Crippen LogP) is 3.74. The number of ether oxygens (including phenoxy) is 1. The van der Waals surface area contributed by atoms with Crippen LogP contribution in [-0.2, 0) is 16.8 Å². The van der Waals surface area contributed by atoms with Crippen LogP contribution in [0.3, 0.4) is 0 Å². The summed E-state index contributed by atoms with van der Waals surface area (Å²) in [6, 6.07) is 23.8. The summed E-state index contributed by atoms with van der Waals surface area (Å²) in [7, 11) is 1.66. The molecule has 152 valence electrons. The summed E-state index contributed by atoms with van der Waals surface area (Å²) in [5.74, 6) is 0.996. The molecule has 1 unspecified atom stereocenters. The predicted molar refractivity (Wildman–Crippen MR) is 120 cm³/mol. The van der Waals surface area contributed by atoms with E-state index < -0.39 is 5.54 Å². The minimum atomic E-state index is -1.18. The lowest BCUT2D eigenvalue weighted by molar-refractivity contribution is -0.129. The highest BCUT2D eigenvalue weighted by molar-refractivity contribution is 6.09. The molecule has 1 atom stereocenters. The average Bonchev–Trinajstić information content (AvgIpc) is 3.33. The van der Waals surface area contributed by atoms with E-state index in [1.807, 2.05) is 54.6 Å². The molecular formula is C24H22ClN3O2. The molecule has 3 aromatic carbocycles. The molecule has 0 aliphatic carbocycles. The molecule has 2 aliphatic rings. The number of benzene rings is 3. The summed E-state index contributed by atoms with van der Waals surface area (Å²) in [6.07, 6.45) is 0.946. The number of fused-ring (bicyclic) bond motifs is 1. The van der Waals surface area contributed by atoms with Crippen molar-refractivity contribution < 1.29 is 9.53 Å². The first-order chi connectivity index (χ1) is 14.1. The monoisotopic (exact) mass is 419 g/mol. The summed E-state index contributed by atoms with van der Waals surface area (Å²) in [5, 5.41) is 0. The zero-order chi connectivity index (χ0) is 20.0. The Kier molecular flexibility index (Phi) is 5.00. The van der Waals surface area contributed by atoms with E-state index in [2.05, 4.69) is 23.2 Å². The van der Waals surface area contributed by atoms with Gasteiger partial charge in [0, 0.05) is 13.5 Å². The van der Waals surface area contributed by atoms with Crippen molar-refractivity contribution in [2.24, 2.45) is 10.7 Å². The number of carbonyl (C=O) groups is 1. The third-order valence-corrected chi connectivity index (χ3v) is 5.74. The second-order valence-electron chi connectivity index (χ2n) is 7.41. The van der Waals surface area contributed by atoms with Gasteiger partial charge >= 0.3 is 0 Å². The van der Waals surface area contributed by atoms with Crippen LogP contribution in [0.5, 0.6) is 5.75 Å². The van der Waals surface area contributed by atoms with Crippen LogP contribution in [0.1, 0.15) is 16.7 Å². The molecule has 5 nitrogen and oxygen atoms in total. The number of amides is 1. The van der Waals surface area contributed by atoms with E-state index in [0.717, 1.165) is 41.0 Å². The van der Waals surface area contributed by atoms with Gasteiger partial charge in [-0.15, -0.1) is 12.4 Å². The molecule has 1 amide bonds. The van der Waals surface area contributed by atoms with Gasteiger partial charge in [-0.3, -0.25) is 9.69 Å². The van der Waals surface area contributed by atoms with E-state index in [9.17, 15) is 4.79 Å². The first-order valence-electron chi connectivity index (χ1n) is 9.65. The van der Waals surface area contributed by atoms with Crippen molar-refractivity contribution in [3.8, 4) is 16.9 Å². The normalized spacial score (nSPS) is 19.7. The van der Waals surface area contributed by atoms with Crippen LogP contribution in [0.4, 0.5) is 0 Å². The van der Waals surface area contributed by atoms with Crippen molar-refractivity contribution in [2.75, 3.05) is 13.7 Å². The average molecular weight is 420 g/mol. The van der Waals surface area contributed by atoms with Crippen molar-refractivity contribution in [1.82, 2.24) is 4.90 Å². The van der Waals surface area contributed by atoms with E-state index in [1.54, 1.807) is 7.05 Å². The van der Waals surface area contributed by atoms with Crippen LogP contribution in [-0.4, -0.2) is 30.4 Å². The van der Waals surface area contributed by atoms with E-state index in [4.69, 9.17) is 10.5 Å². The molecule has 6 heteroatoms. The van der Waals surface area contributed by atoms with E-state index in [-0.39, 0.29) is 24.3 Å². The Bertz CT molecular complexity index is 1150. The highest BCUT2D eigenvalue weighted by atomic mass is 35.5. The Balaban J connectivity index is 0.00000218. The highest BCUT2D eigenvalue weighted by Gasteiger charge is 2.49. The quantitative estimate of drug-likeness (QED) is 0.703. The van der Waals surface area contributed by atoms with E-state index >= 15 is 0 Å². The molecule has 0 saturated carbocycles. The van der Waals surface area contributed by atoms with Crippen LogP contribution in [0.2, 0.25) is 0 Å². The number of halogens is 1. The first kappa shape index (κ1) is 20.0. The molecule has 0 bridgehead atoms. The summed E-state index contributed by atoms with van der Waals surface area (Å²) >= 11 is 0. The van der Waals surface area contributed by atoms with Gasteiger partial charge in [0.2, 0.25) is 0 Å². The molecule has 30 heavy (non-hydrogen) atoms. The summed E-state index contributed by atoms with van der Waals surface area (Å²) in [6.45, 7) is 0.727. The minimum Gasteiger partial charge on any atom is -0.493 e. The number of hydrogen-bond donors (Lipinski definition) is 1. The topological polar surface area (TPSA) is 67.9 Å². The maximum Gasteiger partial charge on any atom is 0.266 e. The fourth-order valence-corrected chi connectivity index (χ4v) is 4.13. The number of carbonyl (C=O) groups excluding carboxylic acids is 1. The van der Waals surface area contributed by atoms with Gasteiger partial charge in [0.25, 0.3) is 5.91 Å². The fraction of sp³-hybridized carbons (Fsp3) is 0.167. The van der Waals surface area contributed by atoms with Crippen LogP contribution in [0.15, 0.2) is 77.8 Å². The van der Waals surface area contributed by atoms with Gasteiger partial charge in [0.1, 0.15) is 5.75 Å². The lowest BCUT2D eigenvalue weighted by atomic mass is 9.81. The van der Waals surface area contributed by atoms with Crippen molar-refractivity contribution >= 4 is 24.3 Å². The number of hydrogen-bond acceptors (Lipinski definition) is 4. The Morgan fingerprint density at radius 3 is 2.43 bits per heavy atom. The number of rotatable bonds is 3. The molecule has 0 radical (unpaired) electrons. The molecule has 0 aromatic heterocycles. The van der Waals surface area contributed by atoms with Gasteiger partial charge in [-0.1, -0.05) is 60.7 Å². The number of likely N-dealkylation sites (N-methyl/N-ethyl adjacent to an activating group) is 1. The number of aliphatic imine (C=N–C) groups is 1. The van der Waals surface area contributed by atoms with Gasteiger partial charge in [0.15, 0.2) is 11.5 Å². The standard InChI is InChI=1S/C24H21N3O2.ClH/c1-27-22(28)24(26-23(27)25,19-7-3-2-4-8-19)20-9-5-6-17(14-20)18-11-10-16-12-13-29-21(16)15-18;/h2-11,14-15H,12-13H2,1H3,(H2,25,26);1H. The summed E-state index contributed by atoms with van der Waals surface area (Å²) in [5.41, 5.74) is 9.77. The number of nitrogens with two attached hydrogens (primary N) is 1. The number of guanidine groups is 1. The smallest absolute Gasteiger partial charge is 0.266 e. The molecule has 2 heterocycles. The molecule has 0 fully saturated rings. The molecule has 0 spiro atoms. The largest absolute Gasteiger partial charge is 0.493 e. The third-order valence-electron chi connectivity index (χ3n) is 5.74. The molecule has 2 aliphatic heterocycles. The molecule has 5 rings (SSSR count). The second kappa shape index (κ2) is 7.50. The lowest BCUT2D eigenvalue weighted by Crippen LogP contribution is -2.41. The molecule has 2 N–H and O–H groups in total. The van der Waals surface area contributed by atoms with Gasteiger partial charge in [-0.05, 0) is 39.9 Å². The maximum absolute atomic E-state index is 13.4. The van der Waals surface area contributed by atoms with Crippen LogP contribution in [0, 0.1) is 0 Å². The van der Waals surface area contributed by atoms with Gasteiger partial charge in [-0.25, -0.2) is 4.99 Å². The Labute approximate surface area is 181 Å². The fourth-order valence-electron chi connectivity index (χ4n) is 4.13. The van der Waals surface area contributed by atoms with Crippen LogP contribution in [0.25, 0.3) is 11.1 Å². The Morgan fingerprint density at radius 2 is 1.70 bits per heavy atom. The third kappa shape index (κ3) is 2.94. The van der Waals surface area contributed by atoms with Gasteiger partial charge in [-0.2, -0.15) is 0 Å². The van der Waals surface area contributed by atoms with Gasteiger partial charge in [0.05, 0.1) is 6.61 Å². The van der Waals surface area contributed by atoms with Crippen LogP contribution >= 0.6 is 12.4 Å². The van der Waals surface area contributed by atoms with Crippen molar-refractivity contribution in [1.29, 1.82) is 0 Å². The number of nitrogens with zero attached hydrogens (tertiary/aromatic N) is 2. The van der Waals surface area contributed by atoms with Gasteiger partial charge < -0.3 is 10.5 Å². The molecule has 3 aromatic rings. The first-order valence-corrected chi connectivity index (χ1v) is 9.65. The summed E-state index contributed by atoms with van der Waals surface area (Å²) < 4.78 is 5.73. The molecule has 0 saturated heterocycles. The zero-order valence-electron chi connectivity index (χ0n) is 16.5. The highest BCUT2D eigenvalue weighted by Crippen LogP contribution is 2.41. The maximum atomic E-state index is 13.4. The van der Waals surface area contributed by atoms with E-state index in [1.165, 1.54) is 10.5 Å². The SMILES string of the molecule is CN1C(=O)C(c2ccccc2)(c2cccc(-c3ccc4c(c3)OCC4)c2)N=C1N.Cl. The van der Waals surface area contributed by atoms with E-state index in [0.29, 0.717) is 0 Å².